The fraction of sp³-hybridized carbons (Fsp3) is 0.261. The van der Waals surface area contributed by atoms with Crippen molar-refractivity contribution in [3.05, 3.63) is 64.5 Å². The van der Waals surface area contributed by atoms with E-state index in [9.17, 15) is 14.4 Å². The molecule has 0 bridgehead atoms. The zero-order chi connectivity index (χ0) is 21.8. The van der Waals surface area contributed by atoms with Crippen molar-refractivity contribution in [2.24, 2.45) is 4.99 Å². The first-order valence-electron chi connectivity index (χ1n) is 9.70. The molecule has 1 aromatic heterocycles. The van der Waals surface area contributed by atoms with E-state index in [4.69, 9.17) is 0 Å². The Hall–Kier alpha value is -3.61. The molecule has 2 aromatic rings. The highest BCUT2D eigenvalue weighted by Gasteiger charge is 2.35. The number of pyridine rings is 1. The van der Waals surface area contributed by atoms with Crippen LogP contribution in [0, 0.1) is 6.92 Å². The first kappa shape index (κ1) is 21.1. The SMILES string of the molecule is CC/C=C(\C=NC)c1ccc(NC(=O)Cc2cc(C)cc3c2C(=O)N(C)C3=O)cn1. The minimum Gasteiger partial charge on any atom is -0.324 e. The Morgan fingerprint density at radius 1 is 1.23 bits per heavy atom. The van der Waals surface area contributed by atoms with Crippen LogP contribution in [0.15, 0.2) is 41.5 Å². The molecule has 3 rings (SSSR count). The van der Waals surface area contributed by atoms with E-state index in [0.29, 0.717) is 22.4 Å². The van der Waals surface area contributed by atoms with Crippen LogP contribution in [0.25, 0.3) is 5.57 Å². The van der Waals surface area contributed by atoms with Crippen molar-refractivity contribution in [3.63, 3.8) is 0 Å². The number of carbonyl (C=O) groups excluding carboxylic acids is 3. The number of amides is 3. The normalized spacial score (nSPS) is 13.9. The molecule has 1 aliphatic rings. The number of hydrogen-bond acceptors (Lipinski definition) is 5. The van der Waals surface area contributed by atoms with Gasteiger partial charge in [0.25, 0.3) is 11.8 Å². The Kier molecular flexibility index (Phi) is 6.20. The lowest BCUT2D eigenvalue weighted by Crippen LogP contribution is -2.24. The van der Waals surface area contributed by atoms with E-state index >= 15 is 0 Å². The van der Waals surface area contributed by atoms with Gasteiger partial charge in [-0.3, -0.25) is 29.3 Å². The maximum Gasteiger partial charge on any atom is 0.261 e. The van der Waals surface area contributed by atoms with Gasteiger partial charge in [0.1, 0.15) is 0 Å². The minimum absolute atomic E-state index is 0.0118. The fourth-order valence-corrected chi connectivity index (χ4v) is 3.46. The maximum absolute atomic E-state index is 12.6. The highest BCUT2D eigenvalue weighted by molar-refractivity contribution is 6.22. The smallest absolute Gasteiger partial charge is 0.261 e. The van der Waals surface area contributed by atoms with Crippen molar-refractivity contribution in [3.8, 4) is 0 Å². The van der Waals surface area contributed by atoms with Crippen LogP contribution in [0.3, 0.4) is 0 Å². The molecule has 30 heavy (non-hydrogen) atoms. The molecule has 0 fully saturated rings. The monoisotopic (exact) mass is 404 g/mol. The lowest BCUT2D eigenvalue weighted by Gasteiger charge is -2.10. The molecule has 1 aromatic carbocycles. The number of aromatic nitrogens is 1. The second kappa shape index (κ2) is 8.82. The molecule has 0 radical (unpaired) electrons. The summed E-state index contributed by atoms with van der Waals surface area (Å²) in [6, 6.07) is 7.05. The van der Waals surface area contributed by atoms with E-state index in [1.54, 1.807) is 37.7 Å². The number of fused-ring (bicyclic) bond motifs is 1. The number of benzene rings is 1. The second-order valence-corrected chi connectivity index (χ2v) is 7.13. The molecular formula is C23H24N4O3. The van der Waals surface area contributed by atoms with Crippen LogP contribution in [0.5, 0.6) is 0 Å². The van der Waals surface area contributed by atoms with Gasteiger partial charge in [-0.1, -0.05) is 19.1 Å². The zero-order valence-electron chi connectivity index (χ0n) is 17.5. The zero-order valence-corrected chi connectivity index (χ0v) is 17.5. The van der Waals surface area contributed by atoms with Crippen molar-refractivity contribution in [1.82, 2.24) is 9.88 Å². The average molecular weight is 404 g/mol. The Bertz CT molecular complexity index is 1070. The number of allylic oxidation sites excluding steroid dienone is 2. The van der Waals surface area contributed by atoms with Gasteiger partial charge in [0.05, 0.1) is 35.1 Å². The molecule has 7 heteroatoms. The second-order valence-electron chi connectivity index (χ2n) is 7.13. The quantitative estimate of drug-likeness (QED) is 0.591. The molecule has 7 nitrogen and oxygen atoms in total. The van der Waals surface area contributed by atoms with Gasteiger partial charge in [0.2, 0.25) is 5.91 Å². The predicted molar refractivity (Wildman–Crippen MR) is 117 cm³/mol. The van der Waals surface area contributed by atoms with Gasteiger partial charge in [-0.25, -0.2) is 0 Å². The molecule has 154 valence electrons. The summed E-state index contributed by atoms with van der Waals surface area (Å²) >= 11 is 0. The highest BCUT2D eigenvalue weighted by atomic mass is 16.2. The van der Waals surface area contributed by atoms with Gasteiger partial charge in [-0.05, 0) is 42.7 Å². The molecule has 0 atom stereocenters. The minimum atomic E-state index is -0.378. The van der Waals surface area contributed by atoms with Crippen molar-refractivity contribution >= 4 is 35.2 Å². The standard InChI is InChI=1S/C23H24N4O3/c1-5-6-15(12-24-3)19-8-7-17(13-25-19)26-20(28)11-16-9-14(2)10-18-21(16)23(30)27(4)22(18)29/h6-10,12-13H,5,11H2,1-4H3,(H,26,28)/b15-6+,24-12?. The molecule has 1 aliphatic heterocycles. The third kappa shape index (κ3) is 4.20. The number of nitrogens with zero attached hydrogens (tertiary/aromatic N) is 3. The molecule has 0 saturated heterocycles. The van der Waals surface area contributed by atoms with Crippen LogP contribution < -0.4 is 5.32 Å². The van der Waals surface area contributed by atoms with Gasteiger partial charge in [-0.2, -0.15) is 0 Å². The third-order valence-corrected chi connectivity index (χ3v) is 4.80. The number of anilines is 1. The number of imide groups is 1. The van der Waals surface area contributed by atoms with Gasteiger partial charge in [0.15, 0.2) is 0 Å². The lowest BCUT2D eigenvalue weighted by molar-refractivity contribution is -0.115. The van der Waals surface area contributed by atoms with Crippen molar-refractivity contribution < 1.29 is 14.4 Å². The maximum atomic E-state index is 12.6. The molecule has 0 saturated carbocycles. The van der Waals surface area contributed by atoms with Gasteiger partial charge in [0, 0.05) is 25.9 Å². The van der Waals surface area contributed by atoms with E-state index in [2.05, 4.69) is 15.3 Å². The number of hydrogen-bond donors (Lipinski definition) is 1. The molecule has 0 spiro atoms. The Balaban J connectivity index is 1.78. The summed E-state index contributed by atoms with van der Waals surface area (Å²) in [6.45, 7) is 3.87. The Morgan fingerprint density at radius 3 is 2.63 bits per heavy atom. The molecule has 0 unspecified atom stereocenters. The van der Waals surface area contributed by atoms with Gasteiger partial charge in [-0.15, -0.1) is 0 Å². The van der Waals surface area contributed by atoms with Crippen LogP contribution in [-0.2, 0) is 11.2 Å². The van der Waals surface area contributed by atoms with Gasteiger partial charge >= 0.3 is 0 Å². The van der Waals surface area contributed by atoms with Crippen LogP contribution in [0.2, 0.25) is 0 Å². The Labute approximate surface area is 175 Å². The molecule has 0 aliphatic carbocycles. The van der Waals surface area contributed by atoms with Crippen LogP contribution in [0.4, 0.5) is 5.69 Å². The molecule has 3 amide bonds. The summed E-state index contributed by atoms with van der Waals surface area (Å²) in [4.78, 5) is 46.8. The van der Waals surface area contributed by atoms with E-state index in [1.165, 1.54) is 7.05 Å². The molecule has 2 heterocycles. The number of rotatable bonds is 6. The summed E-state index contributed by atoms with van der Waals surface area (Å²) in [5.74, 6) is -1.00. The van der Waals surface area contributed by atoms with Crippen LogP contribution in [0.1, 0.15) is 50.9 Å². The van der Waals surface area contributed by atoms with E-state index in [0.717, 1.165) is 28.2 Å². The lowest BCUT2D eigenvalue weighted by atomic mass is 9.97. The largest absolute Gasteiger partial charge is 0.324 e. The predicted octanol–water partition coefficient (Wildman–Crippen LogP) is 3.29. The number of aryl methyl sites for hydroxylation is 1. The first-order valence-corrected chi connectivity index (χ1v) is 9.70. The third-order valence-electron chi connectivity index (χ3n) is 4.80. The van der Waals surface area contributed by atoms with E-state index in [-0.39, 0.29) is 24.1 Å². The van der Waals surface area contributed by atoms with Gasteiger partial charge < -0.3 is 5.32 Å². The number of carbonyl (C=O) groups is 3. The summed E-state index contributed by atoms with van der Waals surface area (Å²) in [7, 11) is 3.15. The first-order chi connectivity index (χ1) is 14.3. The van der Waals surface area contributed by atoms with E-state index < -0.39 is 0 Å². The highest BCUT2D eigenvalue weighted by Crippen LogP contribution is 2.27. The van der Waals surface area contributed by atoms with Crippen LogP contribution >= 0.6 is 0 Å². The van der Waals surface area contributed by atoms with Crippen molar-refractivity contribution in [2.75, 3.05) is 19.4 Å². The van der Waals surface area contributed by atoms with E-state index in [1.807, 2.05) is 26.0 Å². The molecular weight excluding hydrogens is 380 g/mol. The van der Waals surface area contributed by atoms with Crippen molar-refractivity contribution in [1.29, 1.82) is 0 Å². The molecule has 1 N–H and O–H groups in total. The van der Waals surface area contributed by atoms with Crippen LogP contribution in [-0.4, -0.2) is 47.9 Å². The number of aliphatic imine (C=N–C) groups is 1. The topological polar surface area (TPSA) is 91.7 Å². The summed E-state index contributed by atoms with van der Waals surface area (Å²) in [5.41, 5.74) is 4.27. The summed E-state index contributed by atoms with van der Waals surface area (Å²) in [5, 5.41) is 2.80. The summed E-state index contributed by atoms with van der Waals surface area (Å²) < 4.78 is 0. The average Bonchev–Trinajstić information content (AvgIpc) is 2.92. The number of nitrogens with one attached hydrogen (secondary N) is 1. The Morgan fingerprint density at radius 2 is 2.00 bits per heavy atom. The van der Waals surface area contributed by atoms with Crippen molar-refractivity contribution in [2.45, 2.75) is 26.7 Å². The fourth-order valence-electron chi connectivity index (χ4n) is 3.46. The summed E-state index contributed by atoms with van der Waals surface area (Å²) in [6.07, 6.45) is 6.21.